The summed E-state index contributed by atoms with van der Waals surface area (Å²) >= 11 is 0. The average Bonchev–Trinajstić information content (AvgIpc) is 2.94. The molecule has 25 heavy (non-hydrogen) atoms. The van der Waals surface area contributed by atoms with Gasteiger partial charge in [-0.05, 0) is 24.3 Å². The van der Waals surface area contributed by atoms with E-state index < -0.39 is 26.5 Å². The number of sulfone groups is 1. The largest absolute Gasteiger partial charge is 0.417 e. The number of nitrogens with zero attached hydrogens (tertiary/aromatic N) is 2. The van der Waals surface area contributed by atoms with Crippen LogP contribution in [0, 0.1) is 0 Å². The van der Waals surface area contributed by atoms with Crippen molar-refractivity contribution in [2.45, 2.75) is 22.5 Å². The first kappa shape index (κ1) is 17.4. The highest BCUT2D eigenvalue weighted by Gasteiger charge is 2.38. The van der Waals surface area contributed by atoms with Gasteiger partial charge in [0.25, 0.3) is 0 Å². The number of alkyl halides is 3. The summed E-state index contributed by atoms with van der Waals surface area (Å²) in [6.45, 7) is 0.531. The van der Waals surface area contributed by atoms with Crippen LogP contribution in [0.5, 0.6) is 0 Å². The molecule has 0 aliphatic carbocycles. The summed E-state index contributed by atoms with van der Waals surface area (Å²) in [6.07, 6.45) is -2.01. The zero-order valence-corrected chi connectivity index (χ0v) is 13.7. The maximum atomic E-state index is 13.2. The SMILES string of the molecule is NCCn1cc(S(=O)(=O)c2ccccc2C(F)(F)F)c2cccnc21. The van der Waals surface area contributed by atoms with Crippen molar-refractivity contribution in [3.05, 3.63) is 54.4 Å². The van der Waals surface area contributed by atoms with E-state index in [2.05, 4.69) is 4.98 Å². The summed E-state index contributed by atoms with van der Waals surface area (Å²) in [5, 5.41) is 0.257. The number of halogens is 3. The number of pyridine rings is 1. The standard InChI is InChI=1S/C16H14F3N3O2S/c17-16(18,19)12-5-1-2-6-13(12)25(23,24)14-10-22(9-7-20)15-11(14)4-3-8-21-15/h1-6,8,10H,7,9,20H2. The Morgan fingerprint density at radius 1 is 1.08 bits per heavy atom. The highest BCUT2D eigenvalue weighted by Crippen LogP contribution is 2.38. The minimum absolute atomic E-state index is 0.222. The fourth-order valence-electron chi connectivity index (χ4n) is 2.67. The van der Waals surface area contributed by atoms with Crippen LogP contribution in [0.3, 0.4) is 0 Å². The van der Waals surface area contributed by atoms with Crippen molar-refractivity contribution in [1.29, 1.82) is 0 Å². The normalized spacial score (nSPS) is 12.6. The Hall–Kier alpha value is -2.39. The Labute approximate surface area is 141 Å². The molecule has 0 bridgehead atoms. The molecule has 9 heteroatoms. The molecular formula is C16H14F3N3O2S. The van der Waals surface area contributed by atoms with E-state index in [1.807, 2.05) is 0 Å². The summed E-state index contributed by atoms with van der Waals surface area (Å²) in [6, 6.07) is 7.17. The summed E-state index contributed by atoms with van der Waals surface area (Å²) in [5.41, 5.74) is 4.68. The van der Waals surface area contributed by atoms with Crippen LogP contribution in [-0.2, 0) is 22.6 Å². The van der Waals surface area contributed by atoms with Crippen molar-refractivity contribution in [1.82, 2.24) is 9.55 Å². The second-order valence-corrected chi connectivity index (χ2v) is 7.23. The van der Waals surface area contributed by atoms with Gasteiger partial charge in [0.1, 0.15) is 5.65 Å². The molecule has 132 valence electrons. The number of aromatic nitrogens is 2. The molecule has 3 aromatic rings. The van der Waals surface area contributed by atoms with Gasteiger partial charge >= 0.3 is 6.18 Å². The predicted octanol–water partition coefficient (Wildman–Crippen LogP) is 2.85. The van der Waals surface area contributed by atoms with Gasteiger partial charge in [-0.2, -0.15) is 13.2 Å². The van der Waals surface area contributed by atoms with E-state index in [0.717, 1.165) is 18.2 Å². The van der Waals surface area contributed by atoms with Crippen LogP contribution in [-0.4, -0.2) is 24.5 Å². The molecule has 0 spiro atoms. The van der Waals surface area contributed by atoms with Gasteiger partial charge in [-0.15, -0.1) is 0 Å². The number of nitrogens with two attached hydrogens (primary N) is 1. The average molecular weight is 369 g/mol. The molecule has 0 unspecified atom stereocenters. The van der Waals surface area contributed by atoms with Crippen molar-refractivity contribution in [2.24, 2.45) is 5.73 Å². The quantitative estimate of drug-likeness (QED) is 0.767. The number of benzene rings is 1. The molecule has 0 amide bonds. The molecule has 3 rings (SSSR count). The van der Waals surface area contributed by atoms with Crippen LogP contribution in [0.2, 0.25) is 0 Å². The van der Waals surface area contributed by atoms with Crippen LogP contribution < -0.4 is 5.73 Å². The third kappa shape index (κ3) is 3.00. The van der Waals surface area contributed by atoms with Gasteiger partial charge in [-0.1, -0.05) is 12.1 Å². The van der Waals surface area contributed by atoms with Gasteiger partial charge in [-0.25, -0.2) is 13.4 Å². The van der Waals surface area contributed by atoms with Crippen molar-refractivity contribution < 1.29 is 21.6 Å². The molecule has 0 aliphatic rings. The minimum Gasteiger partial charge on any atom is -0.330 e. The van der Waals surface area contributed by atoms with Gasteiger partial charge in [0.05, 0.1) is 15.4 Å². The van der Waals surface area contributed by atoms with E-state index in [-0.39, 0.29) is 16.8 Å². The molecule has 0 aliphatic heterocycles. The van der Waals surface area contributed by atoms with E-state index in [0.29, 0.717) is 12.2 Å². The molecule has 0 fully saturated rings. The van der Waals surface area contributed by atoms with Gasteiger partial charge < -0.3 is 10.3 Å². The molecule has 0 saturated carbocycles. The lowest BCUT2D eigenvalue weighted by molar-refractivity contribution is -0.139. The Kier molecular flexibility index (Phi) is 4.29. The molecule has 2 heterocycles. The highest BCUT2D eigenvalue weighted by molar-refractivity contribution is 7.91. The first-order valence-corrected chi connectivity index (χ1v) is 8.80. The lowest BCUT2D eigenvalue weighted by atomic mass is 10.2. The third-order valence-corrected chi connectivity index (χ3v) is 5.58. The van der Waals surface area contributed by atoms with E-state index in [9.17, 15) is 21.6 Å². The topological polar surface area (TPSA) is 78.0 Å². The smallest absolute Gasteiger partial charge is 0.330 e. The summed E-state index contributed by atoms with van der Waals surface area (Å²) in [5.74, 6) is 0. The lowest BCUT2D eigenvalue weighted by Crippen LogP contribution is -2.13. The fraction of sp³-hybridized carbons (Fsp3) is 0.188. The van der Waals surface area contributed by atoms with Crippen LogP contribution in [0.1, 0.15) is 5.56 Å². The monoisotopic (exact) mass is 369 g/mol. The van der Waals surface area contributed by atoms with E-state index in [1.54, 1.807) is 0 Å². The Bertz CT molecular complexity index is 1030. The number of fused-ring (bicyclic) bond motifs is 1. The van der Waals surface area contributed by atoms with E-state index >= 15 is 0 Å². The van der Waals surface area contributed by atoms with Crippen molar-refractivity contribution in [3.8, 4) is 0 Å². The number of hydrogen-bond donors (Lipinski definition) is 1. The summed E-state index contributed by atoms with van der Waals surface area (Å²) < 4.78 is 67.2. The Balaban J connectivity index is 2.29. The summed E-state index contributed by atoms with van der Waals surface area (Å²) in [7, 11) is -4.40. The minimum atomic E-state index is -4.78. The molecule has 0 radical (unpaired) electrons. The van der Waals surface area contributed by atoms with Crippen molar-refractivity contribution in [2.75, 3.05) is 6.54 Å². The van der Waals surface area contributed by atoms with Gasteiger partial charge in [-0.3, -0.25) is 0 Å². The zero-order chi connectivity index (χ0) is 18.2. The zero-order valence-electron chi connectivity index (χ0n) is 12.9. The predicted molar refractivity (Wildman–Crippen MR) is 85.7 cm³/mol. The number of hydrogen-bond acceptors (Lipinski definition) is 4. The van der Waals surface area contributed by atoms with Gasteiger partial charge in [0.15, 0.2) is 0 Å². The number of rotatable bonds is 4. The van der Waals surface area contributed by atoms with Crippen LogP contribution in [0.15, 0.2) is 58.6 Å². The highest BCUT2D eigenvalue weighted by atomic mass is 32.2. The molecule has 0 atom stereocenters. The van der Waals surface area contributed by atoms with E-state index in [4.69, 9.17) is 5.73 Å². The second kappa shape index (κ2) is 6.16. The van der Waals surface area contributed by atoms with Crippen LogP contribution in [0.25, 0.3) is 11.0 Å². The van der Waals surface area contributed by atoms with Gasteiger partial charge in [0, 0.05) is 30.9 Å². The van der Waals surface area contributed by atoms with Crippen molar-refractivity contribution in [3.63, 3.8) is 0 Å². The first-order valence-electron chi connectivity index (χ1n) is 7.32. The van der Waals surface area contributed by atoms with Crippen LogP contribution >= 0.6 is 0 Å². The Morgan fingerprint density at radius 2 is 1.80 bits per heavy atom. The maximum absolute atomic E-state index is 13.2. The lowest BCUT2D eigenvalue weighted by Gasteiger charge is -2.12. The maximum Gasteiger partial charge on any atom is 0.417 e. The Morgan fingerprint density at radius 3 is 2.48 bits per heavy atom. The molecule has 1 aromatic carbocycles. The molecular weight excluding hydrogens is 355 g/mol. The van der Waals surface area contributed by atoms with Crippen LogP contribution in [0.4, 0.5) is 13.2 Å². The molecule has 0 saturated heterocycles. The third-order valence-electron chi connectivity index (χ3n) is 3.74. The first-order chi connectivity index (χ1) is 11.8. The molecule has 5 nitrogen and oxygen atoms in total. The second-order valence-electron chi connectivity index (χ2n) is 5.35. The molecule has 2 N–H and O–H groups in total. The van der Waals surface area contributed by atoms with Crippen molar-refractivity contribution >= 4 is 20.9 Å². The van der Waals surface area contributed by atoms with E-state index in [1.165, 1.54) is 35.2 Å². The molecule has 2 aromatic heterocycles. The van der Waals surface area contributed by atoms with Gasteiger partial charge in [0.2, 0.25) is 9.84 Å². The fourth-order valence-corrected chi connectivity index (χ4v) is 4.35. The summed E-state index contributed by atoms with van der Waals surface area (Å²) in [4.78, 5) is 3.12.